The molecule has 20 heavy (non-hydrogen) atoms. The molecule has 0 amide bonds. The van der Waals surface area contributed by atoms with Crippen molar-refractivity contribution in [1.82, 2.24) is 4.57 Å². The molecule has 0 saturated heterocycles. The van der Waals surface area contributed by atoms with Gasteiger partial charge in [0.2, 0.25) is 5.75 Å². The van der Waals surface area contributed by atoms with E-state index < -0.39 is 0 Å². The lowest BCUT2D eigenvalue weighted by atomic mass is 10.1. The number of fused-ring (bicyclic) bond motifs is 3. The zero-order valence-electron chi connectivity index (χ0n) is 11.9. The number of aromatic nitrogens is 1. The molecule has 5 heteroatoms. The summed E-state index contributed by atoms with van der Waals surface area (Å²) in [6.45, 7) is 4.07. The van der Waals surface area contributed by atoms with Crippen LogP contribution in [0, 0.1) is 0 Å². The van der Waals surface area contributed by atoms with E-state index in [-0.39, 0.29) is 17.7 Å². The number of nitrogens with one attached hydrogen (secondary N) is 1. The molecule has 0 spiro atoms. The van der Waals surface area contributed by atoms with Crippen LogP contribution in [0.3, 0.4) is 0 Å². The highest BCUT2D eigenvalue weighted by Crippen LogP contribution is 2.34. The van der Waals surface area contributed by atoms with Crippen LogP contribution in [-0.2, 0) is 7.05 Å². The normalized spacial score (nSPS) is 21.8. The summed E-state index contributed by atoms with van der Waals surface area (Å²) in [6.07, 6.45) is 0.853. The molecule has 3 rings (SSSR count). The van der Waals surface area contributed by atoms with Gasteiger partial charge in [0, 0.05) is 30.6 Å². The topological polar surface area (TPSA) is 69.3 Å². The average molecular weight is 273 g/mol. The van der Waals surface area contributed by atoms with Gasteiger partial charge in [0.15, 0.2) is 0 Å². The van der Waals surface area contributed by atoms with Crippen LogP contribution in [0.15, 0.2) is 23.0 Å². The first-order chi connectivity index (χ1) is 9.47. The molecule has 106 valence electrons. The van der Waals surface area contributed by atoms with Crippen molar-refractivity contribution in [3.05, 3.63) is 28.6 Å². The third-order valence-electron chi connectivity index (χ3n) is 3.77. The highest BCUT2D eigenvalue weighted by Gasteiger charge is 2.24. The van der Waals surface area contributed by atoms with E-state index in [1.807, 2.05) is 19.1 Å². The Morgan fingerprint density at radius 1 is 1.40 bits per heavy atom. The summed E-state index contributed by atoms with van der Waals surface area (Å²) in [5.41, 5.74) is 8.05. The highest BCUT2D eigenvalue weighted by atomic mass is 16.5. The Kier molecular flexibility index (Phi) is 2.85. The maximum absolute atomic E-state index is 12.5. The first-order valence-electron chi connectivity index (χ1n) is 6.82. The minimum absolute atomic E-state index is 0.00459. The third-order valence-corrected chi connectivity index (χ3v) is 3.77. The summed E-state index contributed by atoms with van der Waals surface area (Å²) in [6, 6.07) is 5.79. The Morgan fingerprint density at radius 3 is 2.90 bits per heavy atom. The predicted octanol–water partition coefficient (Wildman–Crippen LogP) is 2.09. The average Bonchev–Trinajstić information content (AvgIpc) is 2.54. The molecule has 1 aliphatic rings. The van der Waals surface area contributed by atoms with Gasteiger partial charge in [-0.2, -0.15) is 0 Å². The second kappa shape index (κ2) is 4.44. The smallest absolute Gasteiger partial charge is 0.295 e. The van der Waals surface area contributed by atoms with Crippen LogP contribution in [-0.4, -0.2) is 16.7 Å². The number of hydrogen-bond donors (Lipinski definition) is 2. The van der Waals surface area contributed by atoms with Crippen LogP contribution >= 0.6 is 0 Å². The van der Waals surface area contributed by atoms with E-state index in [2.05, 4.69) is 12.2 Å². The molecule has 0 unspecified atom stereocenters. The van der Waals surface area contributed by atoms with E-state index in [0.29, 0.717) is 11.4 Å². The van der Waals surface area contributed by atoms with Gasteiger partial charge in [-0.05, 0) is 32.0 Å². The third kappa shape index (κ3) is 1.90. The van der Waals surface area contributed by atoms with Crippen molar-refractivity contribution in [3.63, 3.8) is 0 Å². The molecule has 0 saturated carbocycles. The van der Waals surface area contributed by atoms with Crippen LogP contribution in [0.2, 0.25) is 0 Å². The molecule has 2 heterocycles. The van der Waals surface area contributed by atoms with Crippen molar-refractivity contribution in [2.45, 2.75) is 32.4 Å². The maximum Gasteiger partial charge on any atom is 0.295 e. The Bertz CT molecular complexity index is 736. The lowest BCUT2D eigenvalue weighted by molar-refractivity contribution is 0.210. The quantitative estimate of drug-likeness (QED) is 0.721. The molecule has 0 fully saturated rings. The van der Waals surface area contributed by atoms with E-state index >= 15 is 0 Å². The van der Waals surface area contributed by atoms with E-state index in [0.717, 1.165) is 23.0 Å². The molecule has 3 N–H and O–H groups in total. The molecular formula is C15H19N3O2. The molecule has 2 aromatic rings. The standard InChI is InChI=1S/C15H19N3O2/c1-8-6-9(2)20-14-13(17-8)11-7-10(16)4-5-12(11)18(3)15(14)19/h4-5,7-9,17H,6,16H2,1-3H3/t8-,9-/m0/s1. The Balaban J connectivity index is 2.40. The number of rotatable bonds is 0. The second-order valence-electron chi connectivity index (χ2n) is 5.55. The van der Waals surface area contributed by atoms with Gasteiger partial charge in [-0.25, -0.2) is 0 Å². The van der Waals surface area contributed by atoms with E-state index in [1.165, 1.54) is 0 Å². The van der Waals surface area contributed by atoms with E-state index in [1.54, 1.807) is 17.7 Å². The van der Waals surface area contributed by atoms with Crippen molar-refractivity contribution < 1.29 is 4.74 Å². The number of nitrogens with two attached hydrogens (primary N) is 1. The SMILES string of the molecule is C[C@H]1C[C@H](C)Oc2c(c3cc(N)ccc3n(C)c2=O)N1. The molecule has 2 atom stereocenters. The van der Waals surface area contributed by atoms with Crippen molar-refractivity contribution in [1.29, 1.82) is 0 Å². The Labute approximate surface area is 117 Å². The molecule has 1 aliphatic heterocycles. The number of nitrogens with zero attached hydrogens (tertiary/aromatic N) is 1. The molecule has 0 radical (unpaired) electrons. The highest BCUT2D eigenvalue weighted by molar-refractivity contribution is 5.96. The summed E-state index contributed by atoms with van der Waals surface area (Å²) in [5.74, 6) is 0.391. The maximum atomic E-state index is 12.5. The summed E-state index contributed by atoms with van der Waals surface area (Å²) in [4.78, 5) is 12.5. The number of anilines is 2. The molecule has 0 bridgehead atoms. The van der Waals surface area contributed by atoms with Crippen molar-refractivity contribution in [2.75, 3.05) is 11.1 Å². The fourth-order valence-electron chi connectivity index (χ4n) is 2.84. The van der Waals surface area contributed by atoms with Gasteiger partial charge in [-0.1, -0.05) is 0 Å². The number of ether oxygens (including phenoxy) is 1. The van der Waals surface area contributed by atoms with Gasteiger partial charge >= 0.3 is 0 Å². The molecule has 1 aromatic carbocycles. The first kappa shape index (κ1) is 12.8. The fourth-order valence-corrected chi connectivity index (χ4v) is 2.84. The molecule has 5 nitrogen and oxygen atoms in total. The minimum Gasteiger partial charge on any atom is -0.483 e. The van der Waals surface area contributed by atoms with Crippen LogP contribution in [0.25, 0.3) is 10.9 Å². The van der Waals surface area contributed by atoms with E-state index in [9.17, 15) is 4.79 Å². The number of hydrogen-bond acceptors (Lipinski definition) is 4. The van der Waals surface area contributed by atoms with Crippen LogP contribution in [0.5, 0.6) is 5.75 Å². The van der Waals surface area contributed by atoms with Crippen molar-refractivity contribution in [3.8, 4) is 5.75 Å². The van der Waals surface area contributed by atoms with Gasteiger partial charge in [0.25, 0.3) is 5.56 Å². The number of nitrogen functional groups attached to an aromatic ring is 1. The monoisotopic (exact) mass is 273 g/mol. The molecular weight excluding hydrogens is 254 g/mol. The lowest BCUT2D eigenvalue weighted by Gasteiger charge is -2.16. The van der Waals surface area contributed by atoms with Gasteiger partial charge in [0.05, 0.1) is 17.3 Å². The van der Waals surface area contributed by atoms with Crippen molar-refractivity contribution in [2.24, 2.45) is 7.05 Å². The van der Waals surface area contributed by atoms with Gasteiger partial charge in [-0.15, -0.1) is 0 Å². The summed E-state index contributed by atoms with van der Waals surface area (Å²) in [7, 11) is 1.75. The predicted molar refractivity (Wildman–Crippen MR) is 81.4 cm³/mol. The van der Waals surface area contributed by atoms with Gasteiger partial charge < -0.3 is 20.4 Å². The van der Waals surface area contributed by atoms with Crippen LogP contribution in [0.1, 0.15) is 20.3 Å². The number of pyridine rings is 1. The Morgan fingerprint density at radius 2 is 2.15 bits per heavy atom. The summed E-state index contributed by atoms with van der Waals surface area (Å²) >= 11 is 0. The molecule has 1 aromatic heterocycles. The summed E-state index contributed by atoms with van der Waals surface area (Å²) in [5, 5.41) is 4.32. The van der Waals surface area contributed by atoms with Crippen LogP contribution in [0.4, 0.5) is 11.4 Å². The van der Waals surface area contributed by atoms with Gasteiger partial charge in [0.1, 0.15) is 0 Å². The van der Waals surface area contributed by atoms with E-state index in [4.69, 9.17) is 10.5 Å². The first-order valence-corrected chi connectivity index (χ1v) is 6.82. The van der Waals surface area contributed by atoms with Crippen LogP contribution < -0.4 is 21.3 Å². The van der Waals surface area contributed by atoms with Gasteiger partial charge in [-0.3, -0.25) is 4.79 Å². The molecule has 0 aliphatic carbocycles. The fraction of sp³-hybridized carbons (Fsp3) is 0.400. The second-order valence-corrected chi connectivity index (χ2v) is 5.55. The number of aryl methyl sites for hydroxylation is 1. The Hall–Kier alpha value is -2.17. The zero-order valence-corrected chi connectivity index (χ0v) is 11.9. The number of benzene rings is 1. The lowest BCUT2D eigenvalue weighted by Crippen LogP contribution is -2.22. The largest absolute Gasteiger partial charge is 0.483 e. The summed E-state index contributed by atoms with van der Waals surface area (Å²) < 4.78 is 7.46. The van der Waals surface area contributed by atoms with Crippen molar-refractivity contribution >= 4 is 22.3 Å². The minimum atomic E-state index is -0.120. The zero-order chi connectivity index (χ0) is 14.4.